The topological polar surface area (TPSA) is 55.7 Å². The second kappa shape index (κ2) is 3.22. The van der Waals surface area contributed by atoms with E-state index >= 15 is 0 Å². The number of alkyl halides is 1. The van der Waals surface area contributed by atoms with Gasteiger partial charge in [-0.05, 0) is 12.2 Å². The van der Waals surface area contributed by atoms with Gasteiger partial charge in [-0.3, -0.25) is 0 Å². The summed E-state index contributed by atoms with van der Waals surface area (Å²) in [4.78, 5) is 25.5. The highest BCUT2D eigenvalue weighted by Gasteiger charge is 2.32. The molecule has 0 saturated heterocycles. The molecular formula is C8H3Cl2NO3. The van der Waals surface area contributed by atoms with Crippen molar-refractivity contribution in [2.45, 2.75) is 5.38 Å². The molecule has 72 valence electrons. The first-order valence-corrected chi connectivity index (χ1v) is 4.47. The minimum Gasteiger partial charge on any atom is -0.371 e. The zero-order valence-corrected chi connectivity index (χ0v) is 8.17. The number of carbonyl (C=O) groups excluding carboxylic acids is 2. The molecule has 0 bridgehead atoms. The lowest BCUT2D eigenvalue weighted by molar-refractivity contribution is -0.132. The first kappa shape index (κ1) is 9.43. The van der Waals surface area contributed by atoms with Crippen molar-refractivity contribution in [1.82, 2.24) is 0 Å². The molecule has 0 spiro atoms. The normalized spacial score (nSPS) is 25.9. The van der Waals surface area contributed by atoms with Crippen LogP contribution in [-0.4, -0.2) is 23.2 Å². The molecule has 2 aliphatic rings. The van der Waals surface area contributed by atoms with Gasteiger partial charge >= 0.3 is 12.1 Å². The van der Waals surface area contributed by atoms with E-state index in [1.807, 2.05) is 0 Å². The molecular weight excluding hydrogens is 229 g/mol. The Balaban J connectivity index is 2.54. The van der Waals surface area contributed by atoms with Gasteiger partial charge in [-0.25, -0.2) is 9.59 Å². The maximum Gasteiger partial charge on any atom is 0.441 e. The first-order chi connectivity index (χ1) is 6.58. The van der Waals surface area contributed by atoms with Gasteiger partial charge in [0.15, 0.2) is 0 Å². The van der Waals surface area contributed by atoms with Crippen LogP contribution in [0.5, 0.6) is 0 Å². The molecule has 14 heavy (non-hydrogen) atoms. The van der Waals surface area contributed by atoms with Gasteiger partial charge < -0.3 is 4.74 Å². The van der Waals surface area contributed by atoms with Crippen molar-refractivity contribution in [3.8, 4) is 0 Å². The van der Waals surface area contributed by atoms with Crippen molar-refractivity contribution < 1.29 is 14.3 Å². The predicted molar refractivity (Wildman–Crippen MR) is 50.6 cm³/mol. The van der Waals surface area contributed by atoms with Crippen LogP contribution >= 0.6 is 23.2 Å². The third kappa shape index (κ3) is 1.47. The molecule has 1 aliphatic carbocycles. The fourth-order valence-electron chi connectivity index (χ4n) is 1.17. The van der Waals surface area contributed by atoms with Crippen LogP contribution < -0.4 is 0 Å². The Hall–Kier alpha value is -1.13. The van der Waals surface area contributed by atoms with Gasteiger partial charge in [0.05, 0.1) is 16.7 Å². The molecule has 1 unspecified atom stereocenters. The molecule has 0 aromatic carbocycles. The van der Waals surface area contributed by atoms with Crippen LogP contribution in [0.4, 0.5) is 4.79 Å². The van der Waals surface area contributed by atoms with Crippen molar-refractivity contribution in [2.24, 2.45) is 4.99 Å². The van der Waals surface area contributed by atoms with E-state index in [0.717, 1.165) is 0 Å². The van der Waals surface area contributed by atoms with Crippen LogP contribution in [-0.2, 0) is 9.53 Å². The number of nitrogens with zero attached hydrogens (tertiary/aromatic N) is 1. The largest absolute Gasteiger partial charge is 0.441 e. The maximum absolute atomic E-state index is 11.2. The summed E-state index contributed by atoms with van der Waals surface area (Å²) in [6.07, 6.45) is 1.91. The number of hydrogen-bond acceptors (Lipinski definition) is 3. The summed E-state index contributed by atoms with van der Waals surface area (Å²) in [6, 6.07) is 0. The number of fused-ring (bicyclic) bond motifs is 1. The number of hydrogen-bond donors (Lipinski definition) is 0. The minimum atomic E-state index is -0.945. The summed E-state index contributed by atoms with van der Waals surface area (Å²) in [5.74, 6) is -0.767. The van der Waals surface area contributed by atoms with Gasteiger partial charge in [0.25, 0.3) is 0 Å². The van der Waals surface area contributed by atoms with E-state index < -0.39 is 17.4 Å². The molecule has 4 nitrogen and oxygen atoms in total. The quantitative estimate of drug-likeness (QED) is 0.363. The molecule has 1 atom stereocenters. The zero-order valence-electron chi connectivity index (χ0n) is 6.66. The smallest absolute Gasteiger partial charge is 0.371 e. The van der Waals surface area contributed by atoms with Crippen molar-refractivity contribution >= 4 is 41.0 Å². The molecule has 0 fully saturated rings. The average Bonchev–Trinajstić information content (AvgIpc) is 2.07. The van der Waals surface area contributed by atoms with Crippen molar-refractivity contribution in [2.75, 3.05) is 0 Å². The molecule has 0 radical (unpaired) electrons. The first-order valence-electron chi connectivity index (χ1n) is 3.66. The third-order valence-corrected chi connectivity index (χ3v) is 2.30. The number of esters is 1. The molecule has 2 rings (SSSR count). The van der Waals surface area contributed by atoms with E-state index in [0.29, 0.717) is 5.03 Å². The van der Waals surface area contributed by atoms with E-state index in [9.17, 15) is 9.59 Å². The Labute approximate surface area is 88.8 Å². The highest BCUT2D eigenvalue weighted by Crippen LogP contribution is 2.25. The minimum absolute atomic E-state index is 0.136. The molecule has 6 heteroatoms. The summed E-state index contributed by atoms with van der Waals surface area (Å²) in [5, 5.41) is -0.343. The standard InChI is InChI=1S/C8H3Cl2NO3/c9-3-1-4-6(5(10)2-3)11-8(13)14-7(4)12/h1-2,5H. The SMILES string of the molecule is O=C1N=C2C(=CC(Cl)=CC2Cl)C(=O)O1. The van der Waals surface area contributed by atoms with E-state index in [-0.39, 0.29) is 11.3 Å². The Morgan fingerprint density at radius 2 is 2.14 bits per heavy atom. The summed E-state index contributed by atoms with van der Waals surface area (Å²) >= 11 is 11.5. The van der Waals surface area contributed by atoms with Gasteiger partial charge in [0, 0.05) is 5.03 Å². The lowest BCUT2D eigenvalue weighted by Crippen LogP contribution is -2.31. The van der Waals surface area contributed by atoms with Crippen LogP contribution in [0.15, 0.2) is 27.7 Å². The number of carbonyl (C=O) groups is 2. The number of aliphatic imine (C=N–C) groups is 1. The Morgan fingerprint density at radius 1 is 1.43 bits per heavy atom. The zero-order chi connectivity index (χ0) is 10.3. The van der Waals surface area contributed by atoms with E-state index in [1.54, 1.807) is 0 Å². The van der Waals surface area contributed by atoms with Gasteiger partial charge in [0.1, 0.15) is 0 Å². The number of ether oxygens (including phenoxy) is 1. The second-order valence-electron chi connectivity index (χ2n) is 2.66. The maximum atomic E-state index is 11.2. The van der Waals surface area contributed by atoms with Gasteiger partial charge in [-0.1, -0.05) is 11.6 Å². The molecule has 0 aromatic heterocycles. The van der Waals surface area contributed by atoms with Crippen LogP contribution in [0, 0.1) is 0 Å². The molecule has 0 aromatic rings. The predicted octanol–water partition coefficient (Wildman–Crippen LogP) is 1.77. The lowest BCUT2D eigenvalue weighted by atomic mass is 10.0. The van der Waals surface area contributed by atoms with E-state index in [2.05, 4.69) is 9.73 Å². The lowest BCUT2D eigenvalue weighted by Gasteiger charge is -2.19. The number of allylic oxidation sites excluding steroid dienone is 3. The summed E-state index contributed by atoms with van der Waals surface area (Å²) < 4.78 is 4.27. The Kier molecular flexibility index (Phi) is 2.17. The van der Waals surface area contributed by atoms with Crippen molar-refractivity contribution in [1.29, 1.82) is 0 Å². The summed E-state index contributed by atoms with van der Waals surface area (Å²) in [6.45, 7) is 0. The molecule has 1 amide bonds. The van der Waals surface area contributed by atoms with Gasteiger partial charge in [-0.15, -0.1) is 11.6 Å². The third-order valence-electron chi connectivity index (χ3n) is 1.74. The Bertz CT molecular complexity index is 422. The number of rotatable bonds is 0. The summed E-state index contributed by atoms with van der Waals surface area (Å²) in [5.41, 5.74) is 0.328. The van der Waals surface area contributed by atoms with E-state index in [1.165, 1.54) is 12.2 Å². The molecule has 1 heterocycles. The highest BCUT2D eigenvalue weighted by molar-refractivity contribution is 6.45. The fraction of sp³-hybridized carbons (Fsp3) is 0.125. The van der Waals surface area contributed by atoms with Crippen molar-refractivity contribution in [3.63, 3.8) is 0 Å². The van der Waals surface area contributed by atoms with Gasteiger partial charge in [0.2, 0.25) is 0 Å². The number of amides is 1. The Morgan fingerprint density at radius 3 is 2.86 bits per heavy atom. The second-order valence-corrected chi connectivity index (χ2v) is 3.57. The van der Waals surface area contributed by atoms with E-state index in [4.69, 9.17) is 23.2 Å². The molecule has 1 aliphatic heterocycles. The van der Waals surface area contributed by atoms with Crippen LogP contribution in [0.25, 0.3) is 0 Å². The van der Waals surface area contributed by atoms with Crippen LogP contribution in [0.1, 0.15) is 0 Å². The van der Waals surface area contributed by atoms with Crippen LogP contribution in [0.3, 0.4) is 0 Å². The van der Waals surface area contributed by atoms with Crippen LogP contribution in [0.2, 0.25) is 0 Å². The number of halogens is 2. The highest BCUT2D eigenvalue weighted by atomic mass is 35.5. The number of cyclic esters (lactones) is 2. The fourth-order valence-corrected chi connectivity index (χ4v) is 1.77. The molecule has 0 saturated carbocycles. The van der Waals surface area contributed by atoms with Gasteiger partial charge in [-0.2, -0.15) is 4.99 Å². The summed E-state index contributed by atoms with van der Waals surface area (Å²) in [7, 11) is 0. The molecule has 0 N–H and O–H groups in total. The monoisotopic (exact) mass is 231 g/mol. The van der Waals surface area contributed by atoms with Crippen molar-refractivity contribution in [3.05, 3.63) is 22.8 Å². The average molecular weight is 232 g/mol.